The molecule has 1 spiro atoms. The molecule has 3 atom stereocenters. The molecule has 1 aliphatic heterocycles. The average molecular weight is 307 g/mol. The van der Waals surface area contributed by atoms with Crippen molar-refractivity contribution >= 4 is 5.69 Å². The highest BCUT2D eigenvalue weighted by Gasteiger charge is 2.86. The normalized spacial score (nSPS) is 35.1. The van der Waals surface area contributed by atoms with E-state index in [-0.39, 0.29) is 30.0 Å². The highest BCUT2D eigenvalue weighted by Crippen LogP contribution is 2.83. The Balaban J connectivity index is 1.85. The van der Waals surface area contributed by atoms with Gasteiger partial charge >= 0.3 is 0 Å². The molecule has 0 saturated heterocycles. The Morgan fingerprint density at radius 2 is 1.65 bits per heavy atom. The zero-order chi connectivity index (χ0) is 15.7. The number of hydrogen-bond acceptors (Lipinski definition) is 3. The highest BCUT2D eigenvalue weighted by atomic mass is 16.3. The van der Waals surface area contributed by atoms with Crippen molar-refractivity contribution in [2.75, 3.05) is 18.5 Å². The summed E-state index contributed by atoms with van der Waals surface area (Å²) in [4.78, 5) is 0. The van der Waals surface area contributed by atoms with E-state index in [4.69, 9.17) is 0 Å². The standard InChI is InChI=1S/C20H21NO2/c22-12-17-18(10-11-18)20(14-6-2-1-3-7-14)15-8-4-5-9-16(15)21-19(17,20)13-23/h1-9,17,21-23H,10-13H2/t17-,19-,20+/m0/s1. The number of nitrogens with one attached hydrogen (secondary N) is 1. The van der Waals surface area contributed by atoms with Gasteiger partial charge in [-0.1, -0.05) is 48.5 Å². The number of hydrogen-bond donors (Lipinski definition) is 3. The Morgan fingerprint density at radius 3 is 2.30 bits per heavy atom. The molecule has 3 heteroatoms. The maximum atomic E-state index is 10.4. The molecular weight excluding hydrogens is 286 g/mol. The predicted octanol–water partition coefficient (Wildman–Crippen LogP) is 2.53. The van der Waals surface area contributed by atoms with Crippen LogP contribution in [0.25, 0.3) is 0 Å². The molecule has 1 heterocycles. The van der Waals surface area contributed by atoms with Crippen LogP contribution in [-0.4, -0.2) is 29.0 Å². The van der Waals surface area contributed by atoms with Crippen LogP contribution in [-0.2, 0) is 5.41 Å². The summed E-state index contributed by atoms with van der Waals surface area (Å²) in [6.07, 6.45) is 2.23. The first-order valence-corrected chi connectivity index (χ1v) is 8.42. The van der Waals surface area contributed by atoms with Crippen LogP contribution in [0.2, 0.25) is 0 Å². The molecule has 3 aliphatic rings. The van der Waals surface area contributed by atoms with E-state index in [2.05, 4.69) is 47.8 Å². The van der Waals surface area contributed by atoms with Crippen LogP contribution in [0.1, 0.15) is 24.0 Å². The number of para-hydroxylation sites is 1. The van der Waals surface area contributed by atoms with Gasteiger partial charge in [0.2, 0.25) is 0 Å². The van der Waals surface area contributed by atoms with Gasteiger partial charge in [-0.3, -0.25) is 0 Å². The van der Waals surface area contributed by atoms with Crippen LogP contribution >= 0.6 is 0 Å². The molecule has 0 amide bonds. The topological polar surface area (TPSA) is 52.5 Å². The Labute approximate surface area is 136 Å². The highest BCUT2D eigenvalue weighted by molar-refractivity contribution is 5.75. The molecule has 2 aromatic rings. The maximum Gasteiger partial charge on any atom is 0.0802 e. The summed E-state index contributed by atoms with van der Waals surface area (Å²) >= 11 is 0. The van der Waals surface area contributed by atoms with Gasteiger partial charge in [0, 0.05) is 18.2 Å². The molecule has 3 nitrogen and oxygen atoms in total. The van der Waals surface area contributed by atoms with Gasteiger partial charge in [-0.2, -0.15) is 0 Å². The summed E-state index contributed by atoms with van der Waals surface area (Å²) in [5.74, 6) is 0.0904. The summed E-state index contributed by atoms with van der Waals surface area (Å²) in [6.45, 7) is 0.152. The van der Waals surface area contributed by atoms with Gasteiger partial charge in [0.1, 0.15) is 0 Å². The van der Waals surface area contributed by atoms with Crippen molar-refractivity contribution in [3.8, 4) is 0 Å². The minimum atomic E-state index is -0.497. The molecule has 118 valence electrons. The summed E-state index contributed by atoms with van der Waals surface area (Å²) in [7, 11) is 0. The Hall–Kier alpha value is -1.84. The number of anilines is 1. The molecule has 0 aromatic heterocycles. The maximum absolute atomic E-state index is 10.4. The van der Waals surface area contributed by atoms with Crippen molar-refractivity contribution in [2.45, 2.75) is 23.8 Å². The number of aliphatic hydroxyl groups excluding tert-OH is 2. The molecule has 0 radical (unpaired) electrons. The molecule has 0 unspecified atom stereocenters. The van der Waals surface area contributed by atoms with Gasteiger partial charge in [0.05, 0.1) is 17.6 Å². The van der Waals surface area contributed by atoms with E-state index in [0.29, 0.717) is 0 Å². The van der Waals surface area contributed by atoms with Crippen molar-refractivity contribution in [1.29, 1.82) is 0 Å². The third-order valence-electron chi connectivity index (χ3n) is 6.79. The van der Waals surface area contributed by atoms with Gasteiger partial charge in [0.25, 0.3) is 0 Å². The summed E-state index contributed by atoms with van der Waals surface area (Å²) in [6, 6.07) is 19.0. The van der Waals surface area contributed by atoms with E-state index in [9.17, 15) is 10.2 Å². The average Bonchev–Trinajstić information content (AvgIpc) is 3.36. The van der Waals surface area contributed by atoms with Crippen LogP contribution in [0.5, 0.6) is 0 Å². The molecule has 0 bridgehead atoms. The number of rotatable bonds is 3. The Bertz CT molecular complexity index is 770. The first-order chi connectivity index (χ1) is 11.3. The van der Waals surface area contributed by atoms with E-state index in [1.165, 1.54) is 11.1 Å². The monoisotopic (exact) mass is 307 g/mol. The molecular formula is C20H21NO2. The fourth-order valence-corrected chi connectivity index (χ4v) is 6.06. The van der Waals surface area contributed by atoms with Gasteiger partial charge in [0.15, 0.2) is 0 Å². The van der Waals surface area contributed by atoms with Crippen molar-refractivity contribution in [2.24, 2.45) is 11.3 Å². The summed E-state index contributed by atoms with van der Waals surface area (Å²) < 4.78 is 0. The first kappa shape index (κ1) is 13.6. The van der Waals surface area contributed by atoms with Crippen molar-refractivity contribution in [1.82, 2.24) is 0 Å². The van der Waals surface area contributed by atoms with E-state index >= 15 is 0 Å². The smallest absolute Gasteiger partial charge is 0.0802 e. The van der Waals surface area contributed by atoms with Crippen LogP contribution in [0, 0.1) is 11.3 Å². The number of fused-ring (bicyclic) bond motifs is 4. The zero-order valence-corrected chi connectivity index (χ0v) is 13.0. The molecule has 2 aromatic carbocycles. The predicted molar refractivity (Wildman–Crippen MR) is 89.3 cm³/mol. The van der Waals surface area contributed by atoms with Crippen LogP contribution in [0.15, 0.2) is 54.6 Å². The largest absolute Gasteiger partial charge is 0.396 e. The lowest BCUT2D eigenvalue weighted by molar-refractivity contribution is -0.107. The minimum Gasteiger partial charge on any atom is -0.396 e. The second-order valence-electron chi connectivity index (χ2n) is 7.31. The van der Waals surface area contributed by atoms with E-state index in [1.807, 2.05) is 12.1 Å². The third-order valence-corrected chi connectivity index (χ3v) is 6.79. The van der Waals surface area contributed by atoms with Crippen molar-refractivity contribution in [3.05, 3.63) is 65.7 Å². The fourth-order valence-electron chi connectivity index (χ4n) is 6.06. The van der Waals surface area contributed by atoms with Crippen molar-refractivity contribution < 1.29 is 10.2 Å². The van der Waals surface area contributed by atoms with Crippen LogP contribution in [0.3, 0.4) is 0 Å². The molecule has 2 aliphatic carbocycles. The molecule has 5 rings (SSSR count). The van der Waals surface area contributed by atoms with Gasteiger partial charge < -0.3 is 15.5 Å². The lowest BCUT2D eigenvalue weighted by Gasteiger charge is -2.67. The minimum absolute atomic E-state index is 0.0313. The zero-order valence-electron chi connectivity index (χ0n) is 13.0. The van der Waals surface area contributed by atoms with E-state index < -0.39 is 5.54 Å². The third kappa shape index (κ3) is 1.21. The van der Waals surface area contributed by atoms with Gasteiger partial charge in [-0.25, -0.2) is 0 Å². The summed E-state index contributed by atoms with van der Waals surface area (Å²) in [5.41, 5.74) is 2.98. The fraction of sp³-hybridized carbons (Fsp3) is 0.400. The van der Waals surface area contributed by atoms with Crippen molar-refractivity contribution in [3.63, 3.8) is 0 Å². The second kappa shape index (κ2) is 4.16. The van der Waals surface area contributed by atoms with E-state index in [1.54, 1.807) is 0 Å². The number of benzene rings is 2. The van der Waals surface area contributed by atoms with Gasteiger partial charge in [-0.15, -0.1) is 0 Å². The lowest BCUT2D eigenvalue weighted by Crippen LogP contribution is -2.78. The Morgan fingerprint density at radius 1 is 0.957 bits per heavy atom. The first-order valence-electron chi connectivity index (χ1n) is 8.42. The van der Waals surface area contributed by atoms with E-state index in [0.717, 1.165) is 18.5 Å². The molecule has 3 N–H and O–H groups in total. The second-order valence-corrected chi connectivity index (χ2v) is 7.31. The van der Waals surface area contributed by atoms with Crippen LogP contribution < -0.4 is 5.32 Å². The molecule has 2 saturated carbocycles. The van der Waals surface area contributed by atoms with Crippen LogP contribution in [0.4, 0.5) is 5.69 Å². The Kier molecular flexibility index (Phi) is 2.46. The lowest BCUT2D eigenvalue weighted by atomic mass is 9.37. The quantitative estimate of drug-likeness (QED) is 0.817. The SMILES string of the molecule is OC[C@H]1C2(CC2)[C@@]2(c3ccccc3)c3ccccc3N[C@@]12CO. The number of aliphatic hydroxyl groups is 2. The molecule has 23 heavy (non-hydrogen) atoms. The summed E-state index contributed by atoms with van der Waals surface area (Å²) in [5, 5.41) is 24.2. The molecule has 2 fully saturated rings. The van der Waals surface area contributed by atoms with Gasteiger partial charge in [-0.05, 0) is 35.4 Å².